The van der Waals surface area contributed by atoms with Crippen LogP contribution in [-0.2, 0) is 0 Å². The third kappa shape index (κ3) is 2.68. The van der Waals surface area contributed by atoms with Crippen molar-refractivity contribution in [1.29, 1.82) is 0 Å². The van der Waals surface area contributed by atoms with Gasteiger partial charge in [0.15, 0.2) is 0 Å². The highest BCUT2D eigenvalue weighted by Crippen LogP contribution is 2.28. The lowest BCUT2D eigenvalue weighted by molar-refractivity contribution is 0.631. The SMILES string of the molecule is Cc1ccc(F)c(Nc2ccc(N)cc2Cl)c1. The summed E-state index contributed by atoms with van der Waals surface area (Å²) in [6.45, 7) is 1.90. The standard InChI is InChI=1S/C13H12ClFN2/c1-8-2-4-11(15)13(6-8)17-12-5-3-9(16)7-10(12)14/h2-7,17H,16H2,1H3. The van der Waals surface area contributed by atoms with Gasteiger partial charge in [0.2, 0.25) is 0 Å². The summed E-state index contributed by atoms with van der Waals surface area (Å²) in [6.07, 6.45) is 0. The fraction of sp³-hybridized carbons (Fsp3) is 0.0769. The highest BCUT2D eigenvalue weighted by atomic mass is 35.5. The van der Waals surface area contributed by atoms with E-state index in [4.69, 9.17) is 17.3 Å². The van der Waals surface area contributed by atoms with Crippen molar-refractivity contribution in [3.05, 3.63) is 52.8 Å². The minimum absolute atomic E-state index is 0.316. The highest BCUT2D eigenvalue weighted by molar-refractivity contribution is 6.33. The maximum Gasteiger partial charge on any atom is 0.146 e. The van der Waals surface area contributed by atoms with Gasteiger partial charge >= 0.3 is 0 Å². The average Bonchev–Trinajstić information content (AvgIpc) is 2.27. The molecule has 0 unspecified atom stereocenters. The molecule has 0 atom stereocenters. The molecule has 0 aliphatic heterocycles. The zero-order valence-corrected chi connectivity index (χ0v) is 10.1. The molecule has 0 saturated carbocycles. The molecule has 0 fully saturated rings. The van der Waals surface area contributed by atoms with Crippen LogP contribution in [0, 0.1) is 12.7 Å². The Morgan fingerprint density at radius 3 is 2.59 bits per heavy atom. The van der Waals surface area contributed by atoms with Crippen LogP contribution in [0.25, 0.3) is 0 Å². The quantitative estimate of drug-likeness (QED) is 0.787. The summed E-state index contributed by atoms with van der Waals surface area (Å²) in [4.78, 5) is 0. The van der Waals surface area contributed by atoms with E-state index < -0.39 is 0 Å². The van der Waals surface area contributed by atoms with E-state index >= 15 is 0 Å². The van der Waals surface area contributed by atoms with Crippen molar-refractivity contribution < 1.29 is 4.39 Å². The molecule has 88 valence electrons. The molecule has 0 heterocycles. The molecule has 3 N–H and O–H groups in total. The fourth-order valence-electron chi connectivity index (χ4n) is 1.51. The van der Waals surface area contributed by atoms with E-state index in [1.165, 1.54) is 6.07 Å². The van der Waals surface area contributed by atoms with Crippen molar-refractivity contribution in [3.8, 4) is 0 Å². The Morgan fingerprint density at radius 2 is 1.88 bits per heavy atom. The molecule has 2 rings (SSSR count). The monoisotopic (exact) mass is 250 g/mol. The molecular formula is C13H12ClFN2. The van der Waals surface area contributed by atoms with Gasteiger partial charge in [-0.05, 0) is 42.8 Å². The van der Waals surface area contributed by atoms with Crippen LogP contribution >= 0.6 is 11.6 Å². The van der Waals surface area contributed by atoms with Crippen LogP contribution in [0.3, 0.4) is 0 Å². The Bertz CT molecular complexity index is 555. The van der Waals surface area contributed by atoms with Gasteiger partial charge in [0.1, 0.15) is 5.82 Å². The molecule has 0 bridgehead atoms. The van der Waals surface area contributed by atoms with E-state index in [1.54, 1.807) is 30.3 Å². The van der Waals surface area contributed by atoms with E-state index in [0.717, 1.165) is 5.56 Å². The maximum atomic E-state index is 13.5. The first-order valence-electron chi connectivity index (χ1n) is 5.14. The van der Waals surface area contributed by atoms with Gasteiger partial charge in [-0.2, -0.15) is 0 Å². The second-order valence-corrected chi connectivity index (χ2v) is 4.25. The first-order chi connectivity index (χ1) is 8.06. The maximum absolute atomic E-state index is 13.5. The van der Waals surface area contributed by atoms with Gasteiger partial charge < -0.3 is 11.1 Å². The molecule has 2 nitrogen and oxygen atoms in total. The molecule has 2 aromatic carbocycles. The molecule has 4 heteroatoms. The summed E-state index contributed by atoms with van der Waals surface area (Å²) >= 11 is 6.01. The van der Waals surface area contributed by atoms with Crippen LogP contribution in [0.2, 0.25) is 5.02 Å². The van der Waals surface area contributed by atoms with Crippen LogP contribution in [0.15, 0.2) is 36.4 Å². The predicted molar refractivity (Wildman–Crippen MR) is 70.3 cm³/mol. The predicted octanol–water partition coefficient (Wildman–Crippen LogP) is 4.11. The van der Waals surface area contributed by atoms with E-state index in [-0.39, 0.29) is 5.82 Å². The fourth-order valence-corrected chi connectivity index (χ4v) is 1.75. The molecule has 0 saturated heterocycles. The van der Waals surface area contributed by atoms with Crippen LogP contribution in [0.4, 0.5) is 21.5 Å². The number of halogens is 2. The molecule has 0 aliphatic rings. The number of aryl methyl sites for hydroxylation is 1. The van der Waals surface area contributed by atoms with Crippen molar-refractivity contribution >= 4 is 28.7 Å². The Labute approximate surface area is 104 Å². The molecule has 17 heavy (non-hydrogen) atoms. The average molecular weight is 251 g/mol. The Morgan fingerprint density at radius 1 is 1.12 bits per heavy atom. The number of nitrogens with two attached hydrogens (primary N) is 1. The van der Waals surface area contributed by atoms with Crippen LogP contribution in [0.1, 0.15) is 5.56 Å². The van der Waals surface area contributed by atoms with Crippen molar-refractivity contribution in [2.75, 3.05) is 11.1 Å². The van der Waals surface area contributed by atoms with Crippen molar-refractivity contribution in [2.24, 2.45) is 0 Å². The van der Waals surface area contributed by atoms with Crippen LogP contribution in [0.5, 0.6) is 0 Å². The number of hydrogen-bond donors (Lipinski definition) is 2. The normalized spacial score (nSPS) is 10.3. The number of benzene rings is 2. The molecule has 2 aromatic rings. The van der Waals surface area contributed by atoms with E-state index in [1.807, 2.05) is 6.92 Å². The van der Waals surface area contributed by atoms with Crippen LogP contribution < -0.4 is 11.1 Å². The number of anilines is 3. The Balaban J connectivity index is 2.34. The Kier molecular flexibility index (Phi) is 3.20. The van der Waals surface area contributed by atoms with Gasteiger partial charge in [0.25, 0.3) is 0 Å². The molecule has 0 aliphatic carbocycles. The summed E-state index contributed by atoms with van der Waals surface area (Å²) in [5.41, 5.74) is 8.17. The van der Waals surface area contributed by atoms with Gasteiger partial charge in [-0.1, -0.05) is 17.7 Å². The third-order valence-corrected chi connectivity index (χ3v) is 2.70. The number of nitrogens with one attached hydrogen (secondary N) is 1. The molecular weight excluding hydrogens is 239 g/mol. The topological polar surface area (TPSA) is 38.0 Å². The smallest absolute Gasteiger partial charge is 0.146 e. The van der Waals surface area contributed by atoms with E-state index in [0.29, 0.717) is 22.1 Å². The molecule has 0 spiro atoms. The summed E-state index contributed by atoms with van der Waals surface area (Å²) in [6, 6.07) is 9.91. The van der Waals surface area contributed by atoms with E-state index in [2.05, 4.69) is 5.32 Å². The van der Waals surface area contributed by atoms with Crippen molar-refractivity contribution in [2.45, 2.75) is 6.92 Å². The second kappa shape index (κ2) is 4.63. The van der Waals surface area contributed by atoms with E-state index in [9.17, 15) is 4.39 Å². The first kappa shape index (κ1) is 11.7. The summed E-state index contributed by atoms with van der Waals surface area (Å²) in [7, 11) is 0. The lowest BCUT2D eigenvalue weighted by Gasteiger charge is -2.10. The summed E-state index contributed by atoms with van der Waals surface area (Å²) in [5, 5.41) is 3.41. The minimum Gasteiger partial charge on any atom is -0.399 e. The molecule has 0 radical (unpaired) electrons. The van der Waals surface area contributed by atoms with Gasteiger partial charge in [-0.15, -0.1) is 0 Å². The number of hydrogen-bond acceptors (Lipinski definition) is 2. The van der Waals surface area contributed by atoms with Crippen LogP contribution in [-0.4, -0.2) is 0 Å². The van der Waals surface area contributed by atoms with Gasteiger partial charge in [0.05, 0.1) is 16.4 Å². The Hall–Kier alpha value is -1.74. The molecule has 0 aromatic heterocycles. The lowest BCUT2D eigenvalue weighted by Crippen LogP contribution is -1.96. The number of rotatable bonds is 2. The lowest BCUT2D eigenvalue weighted by atomic mass is 10.2. The summed E-state index contributed by atoms with van der Waals surface area (Å²) in [5.74, 6) is -0.316. The summed E-state index contributed by atoms with van der Waals surface area (Å²) < 4.78 is 13.5. The zero-order valence-electron chi connectivity index (χ0n) is 9.30. The minimum atomic E-state index is -0.316. The number of nitrogen functional groups attached to an aromatic ring is 1. The highest BCUT2D eigenvalue weighted by Gasteiger charge is 2.05. The first-order valence-corrected chi connectivity index (χ1v) is 5.52. The van der Waals surface area contributed by atoms with Crippen molar-refractivity contribution in [3.63, 3.8) is 0 Å². The van der Waals surface area contributed by atoms with Gasteiger partial charge in [-0.25, -0.2) is 4.39 Å². The molecule has 0 amide bonds. The van der Waals surface area contributed by atoms with Crippen molar-refractivity contribution in [1.82, 2.24) is 0 Å². The third-order valence-electron chi connectivity index (χ3n) is 2.38. The zero-order chi connectivity index (χ0) is 12.4. The van der Waals surface area contributed by atoms with Gasteiger partial charge in [0, 0.05) is 5.69 Å². The largest absolute Gasteiger partial charge is 0.399 e. The van der Waals surface area contributed by atoms with Gasteiger partial charge in [-0.3, -0.25) is 0 Å². The second-order valence-electron chi connectivity index (χ2n) is 3.85.